The molecule has 0 bridgehead atoms. The van der Waals surface area contributed by atoms with Crippen molar-refractivity contribution in [1.82, 2.24) is 5.32 Å². The van der Waals surface area contributed by atoms with Gasteiger partial charge in [-0.2, -0.15) is 0 Å². The van der Waals surface area contributed by atoms with Crippen molar-refractivity contribution < 1.29 is 10.2 Å². The first-order valence-electron chi connectivity index (χ1n) is 7.59. The van der Waals surface area contributed by atoms with Crippen LogP contribution in [-0.2, 0) is 12.8 Å². The maximum absolute atomic E-state index is 10.3. The second-order valence-corrected chi connectivity index (χ2v) is 6.31. The van der Waals surface area contributed by atoms with E-state index in [9.17, 15) is 10.2 Å². The molecule has 124 valence electrons. The molecule has 2 atom stereocenters. The Balaban J connectivity index is 0.00000192. The van der Waals surface area contributed by atoms with Crippen LogP contribution < -0.4 is 5.32 Å². The van der Waals surface area contributed by atoms with Gasteiger partial charge in [-0.05, 0) is 60.2 Å². The minimum absolute atomic E-state index is 0. The predicted octanol–water partition coefficient (Wildman–Crippen LogP) is 3.65. The molecule has 0 radical (unpaired) electrons. The number of aliphatic hydroxyl groups excluding tert-OH is 1. The molecule has 0 saturated carbocycles. The number of benzene rings is 2. The van der Waals surface area contributed by atoms with Crippen molar-refractivity contribution in [3.05, 3.63) is 64.2 Å². The number of fused-ring (bicyclic) bond motifs is 1. The highest BCUT2D eigenvalue weighted by Crippen LogP contribution is 2.25. The Morgan fingerprint density at radius 2 is 2.00 bits per heavy atom. The Bertz CT molecular complexity index is 663. The molecule has 0 unspecified atom stereocenters. The zero-order valence-corrected chi connectivity index (χ0v) is 14.3. The summed E-state index contributed by atoms with van der Waals surface area (Å²) < 4.78 is 0. The first kappa shape index (κ1) is 18.1. The minimum atomic E-state index is -0.565. The number of aliphatic hydroxyl groups is 1. The largest absolute Gasteiger partial charge is 0.508 e. The number of aryl methyl sites for hydroxylation is 1. The number of hydrogen-bond acceptors (Lipinski definition) is 3. The molecule has 0 heterocycles. The lowest BCUT2D eigenvalue weighted by molar-refractivity contribution is 0.168. The molecule has 23 heavy (non-hydrogen) atoms. The molecule has 5 heteroatoms. The summed E-state index contributed by atoms with van der Waals surface area (Å²) in [4.78, 5) is 0. The molecule has 2 aromatic carbocycles. The van der Waals surface area contributed by atoms with Gasteiger partial charge < -0.3 is 15.5 Å². The number of hydrogen-bond donors (Lipinski definition) is 3. The van der Waals surface area contributed by atoms with E-state index in [4.69, 9.17) is 11.6 Å². The average molecular weight is 354 g/mol. The minimum Gasteiger partial charge on any atom is -0.508 e. The van der Waals surface area contributed by atoms with Crippen molar-refractivity contribution in [2.45, 2.75) is 31.4 Å². The first-order valence-corrected chi connectivity index (χ1v) is 7.97. The maximum atomic E-state index is 10.3. The molecule has 1 aliphatic carbocycles. The van der Waals surface area contributed by atoms with Gasteiger partial charge in [0.25, 0.3) is 0 Å². The van der Waals surface area contributed by atoms with Crippen molar-refractivity contribution in [1.29, 1.82) is 0 Å². The molecule has 0 saturated heterocycles. The van der Waals surface area contributed by atoms with Crippen LogP contribution >= 0.6 is 24.0 Å². The highest BCUT2D eigenvalue weighted by molar-refractivity contribution is 6.30. The third-order valence-corrected chi connectivity index (χ3v) is 4.49. The number of rotatable bonds is 4. The summed E-state index contributed by atoms with van der Waals surface area (Å²) in [6.45, 7) is 0.499. The number of nitrogens with one attached hydrogen (secondary N) is 1. The molecule has 1 aliphatic rings. The van der Waals surface area contributed by atoms with Crippen LogP contribution in [0.2, 0.25) is 5.02 Å². The van der Waals surface area contributed by atoms with E-state index in [0.29, 0.717) is 23.4 Å². The second kappa shape index (κ2) is 8.02. The van der Waals surface area contributed by atoms with E-state index in [1.807, 2.05) is 24.3 Å². The van der Waals surface area contributed by atoms with Gasteiger partial charge in [-0.3, -0.25) is 0 Å². The van der Waals surface area contributed by atoms with Gasteiger partial charge in [0.15, 0.2) is 0 Å². The molecule has 0 spiro atoms. The zero-order valence-electron chi connectivity index (χ0n) is 12.7. The predicted molar refractivity (Wildman–Crippen MR) is 95.6 cm³/mol. The lowest BCUT2D eigenvalue weighted by atomic mass is 9.88. The molecule has 3 nitrogen and oxygen atoms in total. The van der Waals surface area contributed by atoms with E-state index in [-0.39, 0.29) is 12.4 Å². The van der Waals surface area contributed by atoms with Crippen molar-refractivity contribution in [3.8, 4) is 5.75 Å². The standard InChI is InChI=1S/C18H20ClNO2.ClH/c19-15-3-1-2-13(8-15)18(22)11-20-16-6-4-12-5-7-17(21)10-14(12)9-16;/h1-3,5,7-8,10,16,18,20-22H,4,6,9,11H2;1H/t16-,18+;/m1./s1. The van der Waals surface area contributed by atoms with E-state index < -0.39 is 6.10 Å². The second-order valence-electron chi connectivity index (χ2n) is 5.87. The fourth-order valence-corrected chi connectivity index (χ4v) is 3.23. The summed E-state index contributed by atoms with van der Waals surface area (Å²) >= 11 is 5.95. The van der Waals surface area contributed by atoms with Crippen molar-refractivity contribution in [2.24, 2.45) is 0 Å². The summed E-state index contributed by atoms with van der Waals surface area (Å²) in [6.07, 6.45) is 2.36. The van der Waals surface area contributed by atoms with E-state index in [2.05, 4.69) is 5.32 Å². The van der Waals surface area contributed by atoms with Gasteiger partial charge in [0, 0.05) is 17.6 Å². The average Bonchev–Trinajstić information content (AvgIpc) is 2.52. The maximum Gasteiger partial charge on any atom is 0.115 e. The lowest BCUT2D eigenvalue weighted by Crippen LogP contribution is -2.37. The Kier molecular flexibility index (Phi) is 6.31. The molecule has 3 N–H and O–H groups in total. The lowest BCUT2D eigenvalue weighted by Gasteiger charge is -2.26. The molecule has 0 fully saturated rings. The van der Waals surface area contributed by atoms with E-state index in [1.54, 1.807) is 18.2 Å². The summed E-state index contributed by atoms with van der Waals surface area (Å²) in [6, 6.07) is 13.2. The van der Waals surface area contributed by atoms with Crippen LogP contribution in [0, 0.1) is 0 Å². The molecule has 2 aromatic rings. The third kappa shape index (κ3) is 4.61. The number of phenolic OH excluding ortho intramolecular Hbond substituents is 1. The summed E-state index contributed by atoms with van der Waals surface area (Å²) in [7, 11) is 0. The third-order valence-electron chi connectivity index (χ3n) is 4.25. The number of halogens is 2. The van der Waals surface area contributed by atoms with Crippen LogP contribution in [-0.4, -0.2) is 22.8 Å². The fraction of sp³-hybridized carbons (Fsp3) is 0.333. The van der Waals surface area contributed by atoms with Crippen LogP contribution in [0.1, 0.15) is 29.2 Å². The summed E-state index contributed by atoms with van der Waals surface area (Å²) in [5, 5.41) is 23.9. The Hall–Kier alpha value is -1.26. The topological polar surface area (TPSA) is 52.5 Å². The van der Waals surface area contributed by atoms with Gasteiger partial charge >= 0.3 is 0 Å². The molecule has 0 aliphatic heterocycles. The van der Waals surface area contributed by atoms with Crippen molar-refractivity contribution in [2.75, 3.05) is 6.54 Å². The smallest absolute Gasteiger partial charge is 0.115 e. The first-order chi connectivity index (χ1) is 10.6. The SMILES string of the molecule is Cl.Oc1ccc2c(c1)C[C@H](NC[C@H](O)c1cccc(Cl)c1)CC2. The van der Waals surface area contributed by atoms with Crippen molar-refractivity contribution in [3.63, 3.8) is 0 Å². The monoisotopic (exact) mass is 353 g/mol. The fourth-order valence-electron chi connectivity index (χ4n) is 3.03. The van der Waals surface area contributed by atoms with Crippen LogP contribution in [0.5, 0.6) is 5.75 Å². The Morgan fingerprint density at radius 1 is 1.17 bits per heavy atom. The van der Waals surface area contributed by atoms with Gasteiger partial charge in [-0.1, -0.05) is 29.8 Å². The Morgan fingerprint density at radius 3 is 2.78 bits per heavy atom. The Labute approximate surface area is 147 Å². The van der Waals surface area contributed by atoms with Crippen LogP contribution in [0.15, 0.2) is 42.5 Å². The van der Waals surface area contributed by atoms with E-state index >= 15 is 0 Å². The van der Waals surface area contributed by atoms with Gasteiger partial charge in [0.05, 0.1) is 6.10 Å². The number of phenols is 1. The quantitative estimate of drug-likeness (QED) is 0.786. The molecular formula is C18H21Cl2NO2. The van der Waals surface area contributed by atoms with Crippen molar-refractivity contribution >= 4 is 24.0 Å². The van der Waals surface area contributed by atoms with Crippen LogP contribution in [0.4, 0.5) is 0 Å². The van der Waals surface area contributed by atoms with Crippen LogP contribution in [0.25, 0.3) is 0 Å². The normalized spacial score (nSPS) is 17.9. The highest BCUT2D eigenvalue weighted by Gasteiger charge is 2.19. The molecule has 0 amide bonds. The highest BCUT2D eigenvalue weighted by atomic mass is 35.5. The van der Waals surface area contributed by atoms with E-state index in [0.717, 1.165) is 24.8 Å². The van der Waals surface area contributed by atoms with Gasteiger partial charge in [-0.15, -0.1) is 12.4 Å². The summed E-state index contributed by atoms with van der Waals surface area (Å²) in [5.41, 5.74) is 3.33. The number of aromatic hydroxyl groups is 1. The molecule has 3 rings (SSSR count). The van der Waals surface area contributed by atoms with E-state index in [1.165, 1.54) is 11.1 Å². The van der Waals surface area contributed by atoms with Gasteiger partial charge in [-0.25, -0.2) is 0 Å². The van der Waals surface area contributed by atoms with Gasteiger partial charge in [0.2, 0.25) is 0 Å². The summed E-state index contributed by atoms with van der Waals surface area (Å²) in [5.74, 6) is 0.318. The zero-order chi connectivity index (χ0) is 15.5. The van der Waals surface area contributed by atoms with Gasteiger partial charge in [0.1, 0.15) is 5.75 Å². The molecular weight excluding hydrogens is 333 g/mol. The molecule has 0 aromatic heterocycles. The van der Waals surface area contributed by atoms with Crippen LogP contribution in [0.3, 0.4) is 0 Å².